The highest BCUT2D eigenvalue weighted by Gasteiger charge is 2.26. The van der Waals surface area contributed by atoms with E-state index in [1.807, 2.05) is 70.4 Å². The Hall–Kier alpha value is -3.64. The van der Waals surface area contributed by atoms with E-state index < -0.39 is 0 Å². The molecule has 0 fully saturated rings. The van der Waals surface area contributed by atoms with E-state index >= 15 is 0 Å². The standard InChI is InChI=1S/C27H30N4O2/c1-17-24(29-18(2)25(17)27(33)28-13-8-14-31(3)4)16-22-21-15-20(19-9-6-5-7-10-19)11-12-23(21)30-26(22)32/h5-7,9-12,15-16,29H,8,13-14H2,1-4H3,(H,28,33)(H,30,32)/b22-16-. The Morgan fingerprint density at radius 3 is 2.55 bits per heavy atom. The highest BCUT2D eigenvalue weighted by Crippen LogP contribution is 2.36. The largest absolute Gasteiger partial charge is 0.358 e. The second kappa shape index (κ2) is 9.46. The average Bonchev–Trinajstić information content (AvgIpc) is 3.26. The van der Waals surface area contributed by atoms with Gasteiger partial charge in [-0.25, -0.2) is 0 Å². The summed E-state index contributed by atoms with van der Waals surface area (Å²) in [5.41, 5.74) is 7.44. The summed E-state index contributed by atoms with van der Waals surface area (Å²) in [4.78, 5) is 31.0. The molecule has 2 amide bonds. The molecule has 1 aliphatic heterocycles. The maximum absolute atomic E-state index is 12.8. The van der Waals surface area contributed by atoms with Crippen LogP contribution in [0.4, 0.5) is 5.69 Å². The quantitative estimate of drug-likeness (QED) is 0.373. The Balaban J connectivity index is 1.62. The zero-order valence-electron chi connectivity index (χ0n) is 19.6. The number of anilines is 1. The van der Waals surface area contributed by atoms with E-state index in [1.165, 1.54) is 0 Å². The molecular weight excluding hydrogens is 412 g/mol. The van der Waals surface area contributed by atoms with Crippen molar-refractivity contribution in [3.63, 3.8) is 0 Å². The molecule has 0 saturated carbocycles. The van der Waals surface area contributed by atoms with Gasteiger partial charge in [-0.3, -0.25) is 9.59 Å². The molecule has 1 aliphatic rings. The summed E-state index contributed by atoms with van der Waals surface area (Å²) in [7, 11) is 4.03. The van der Waals surface area contributed by atoms with Gasteiger partial charge in [0, 0.05) is 29.2 Å². The molecule has 2 aromatic carbocycles. The lowest BCUT2D eigenvalue weighted by molar-refractivity contribution is -0.110. The van der Waals surface area contributed by atoms with Crippen molar-refractivity contribution in [2.24, 2.45) is 0 Å². The number of hydrogen-bond donors (Lipinski definition) is 3. The Bertz CT molecular complexity index is 1220. The lowest BCUT2D eigenvalue weighted by Gasteiger charge is -2.10. The third-order valence-corrected chi connectivity index (χ3v) is 5.97. The summed E-state index contributed by atoms with van der Waals surface area (Å²) in [5.74, 6) is -0.233. The van der Waals surface area contributed by atoms with Crippen molar-refractivity contribution in [3.8, 4) is 11.1 Å². The molecule has 2 heterocycles. The first-order valence-electron chi connectivity index (χ1n) is 11.2. The van der Waals surface area contributed by atoms with Crippen LogP contribution >= 0.6 is 0 Å². The van der Waals surface area contributed by atoms with Crippen LogP contribution in [0.2, 0.25) is 0 Å². The molecule has 0 saturated heterocycles. The smallest absolute Gasteiger partial charge is 0.256 e. The zero-order valence-corrected chi connectivity index (χ0v) is 19.6. The van der Waals surface area contributed by atoms with Crippen molar-refractivity contribution < 1.29 is 9.59 Å². The van der Waals surface area contributed by atoms with Crippen LogP contribution in [0, 0.1) is 13.8 Å². The minimum absolute atomic E-state index is 0.0905. The number of aromatic amines is 1. The first kappa shape index (κ1) is 22.6. The molecule has 0 radical (unpaired) electrons. The average molecular weight is 443 g/mol. The van der Waals surface area contributed by atoms with Gasteiger partial charge in [-0.05, 0) is 75.8 Å². The summed E-state index contributed by atoms with van der Waals surface area (Å²) in [6, 6.07) is 16.1. The van der Waals surface area contributed by atoms with Gasteiger partial charge in [0.25, 0.3) is 11.8 Å². The fourth-order valence-electron chi connectivity index (χ4n) is 4.23. The summed E-state index contributed by atoms with van der Waals surface area (Å²) in [6.45, 7) is 5.34. The van der Waals surface area contributed by atoms with Crippen LogP contribution in [0.3, 0.4) is 0 Å². The number of aryl methyl sites for hydroxylation is 1. The Labute approximate surface area is 194 Å². The number of nitrogens with one attached hydrogen (secondary N) is 3. The topological polar surface area (TPSA) is 77.2 Å². The molecule has 0 spiro atoms. The number of H-pyrrole nitrogens is 1. The van der Waals surface area contributed by atoms with E-state index in [9.17, 15) is 9.59 Å². The monoisotopic (exact) mass is 442 g/mol. The zero-order chi connectivity index (χ0) is 23.5. The van der Waals surface area contributed by atoms with Crippen molar-refractivity contribution in [1.29, 1.82) is 0 Å². The number of rotatable bonds is 7. The molecule has 0 bridgehead atoms. The normalized spacial score (nSPS) is 14.0. The number of carbonyl (C=O) groups is 2. The number of carbonyl (C=O) groups excluding carboxylic acids is 2. The number of aromatic nitrogens is 1. The minimum atomic E-state index is -0.142. The van der Waals surface area contributed by atoms with E-state index in [2.05, 4.69) is 32.7 Å². The maximum atomic E-state index is 12.8. The summed E-state index contributed by atoms with van der Waals surface area (Å²) in [5, 5.41) is 5.96. The van der Waals surface area contributed by atoms with Gasteiger partial charge in [0.1, 0.15) is 0 Å². The molecule has 0 aliphatic carbocycles. The van der Waals surface area contributed by atoms with E-state index in [0.29, 0.717) is 17.7 Å². The first-order chi connectivity index (χ1) is 15.8. The van der Waals surface area contributed by atoms with Gasteiger partial charge in [-0.15, -0.1) is 0 Å². The third kappa shape index (κ3) is 4.76. The second-order valence-corrected chi connectivity index (χ2v) is 8.71. The molecule has 6 heteroatoms. The van der Waals surface area contributed by atoms with Crippen LogP contribution in [-0.4, -0.2) is 48.9 Å². The van der Waals surface area contributed by atoms with Crippen LogP contribution in [0.25, 0.3) is 22.8 Å². The summed E-state index contributed by atoms with van der Waals surface area (Å²) >= 11 is 0. The molecule has 170 valence electrons. The van der Waals surface area contributed by atoms with Gasteiger partial charge in [0.2, 0.25) is 0 Å². The Morgan fingerprint density at radius 1 is 1.06 bits per heavy atom. The van der Waals surface area contributed by atoms with Crippen molar-refractivity contribution in [3.05, 3.63) is 76.6 Å². The molecular formula is C27H30N4O2. The lowest BCUT2D eigenvalue weighted by Crippen LogP contribution is -2.27. The van der Waals surface area contributed by atoms with E-state index in [0.717, 1.165) is 52.3 Å². The minimum Gasteiger partial charge on any atom is -0.358 e. The number of fused-ring (bicyclic) bond motifs is 1. The molecule has 3 aromatic rings. The Morgan fingerprint density at radius 2 is 1.82 bits per heavy atom. The highest BCUT2D eigenvalue weighted by atomic mass is 16.2. The van der Waals surface area contributed by atoms with E-state index in [-0.39, 0.29) is 11.8 Å². The maximum Gasteiger partial charge on any atom is 0.256 e. The summed E-state index contributed by atoms with van der Waals surface area (Å²) < 4.78 is 0. The van der Waals surface area contributed by atoms with Crippen molar-refractivity contribution in [2.75, 3.05) is 32.5 Å². The third-order valence-electron chi connectivity index (χ3n) is 5.97. The SMILES string of the molecule is Cc1[nH]c(/C=C2\C(=O)Nc3ccc(-c4ccccc4)cc32)c(C)c1C(=O)NCCCN(C)C. The fourth-order valence-corrected chi connectivity index (χ4v) is 4.23. The summed E-state index contributed by atoms with van der Waals surface area (Å²) in [6.07, 6.45) is 2.74. The van der Waals surface area contributed by atoms with Crippen molar-refractivity contribution in [1.82, 2.24) is 15.2 Å². The number of amides is 2. The number of benzene rings is 2. The molecule has 4 rings (SSSR count). The molecule has 6 nitrogen and oxygen atoms in total. The molecule has 0 atom stereocenters. The predicted molar refractivity (Wildman–Crippen MR) is 134 cm³/mol. The predicted octanol–water partition coefficient (Wildman–Crippen LogP) is 4.47. The van der Waals surface area contributed by atoms with E-state index in [4.69, 9.17) is 0 Å². The van der Waals surface area contributed by atoms with Crippen molar-refractivity contribution in [2.45, 2.75) is 20.3 Å². The van der Waals surface area contributed by atoms with Gasteiger partial charge in [-0.2, -0.15) is 0 Å². The van der Waals surface area contributed by atoms with Crippen LogP contribution in [0.5, 0.6) is 0 Å². The van der Waals surface area contributed by atoms with Gasteiger partial charge in [0.05, 0.1) is 11.1 Å². The Kier molecular flexibility index (Phi) is 6.47. The van der Waals surface area contributed by atoms with Gasteiger partial charge < -0.3 is 20.5 Å². The molecule has 0 unspecified atom stereocenters. The van der Waals surface area contributed by atoms with E-state index in [1.54, 1.807) is 0 Å². The van der Waals surface area contributed by atoms with Gasteiger partial charge >= 0.3 is 0 Å². The van der Waals surface area contributed by atoms with Crippen LogP contribution in [0.15, 0.2) is 48.5 Å². The second-order valence-electron chi connectivity index (χ2n) is 8.71. The molecule has 1 aromatic heterocycles. The molecule has 33 heavy (non-hydrogen) atoms. The lowest BCUT2D eigenvalue weighted by atomic mass is 9.98. The van der Waals surface area contributed by atoms with Crippen LogP contribution < -0.4 is 10.6 Å². The number of hydrogen-bond acceptors (Lipinski definition) is 3. The van der Waals surface area contributed by atoms with Gasteiger partial charge in [0.15, 0.2) is 0 Å². The van der Waals surface area contributed by atoms with Gasteiger partial charge in [-0.1, -0.05) is 36.4 Å². The first-order valence-corrected chi connectivity index (χ1v) is 11.2. The molecule has 3 N–H and O–H groups in total. The fraction of sp³-hybridized carbons (Fsp3) is 0.259. The van der Waals surface area contributed by atoms with Crippen molar-refractivity contribution >= 4 is 29.2 Å². The highest BCUT2D eigenvalue weighted by molar-refractivity contribution is 6.35. The van der Waals surface area contributed by atoms with Crippen LogP contribution in [0.1, 0.15) is 39.3 Å². The number of nitrogens with zero attached hydrogens (tertiary/aromatic N) is 1. The van der Waals surface area contributed by atoms with Crippen LogP contribution in [-0.2, 0) is 4.79 Å².